The third kappa shape index (κ3) is 6.23. The Bertz CT molecular complexity index is 1290. The van der Waals surface area contributed by atoms with Crippen molar-refractivity contribution in [2.45, 2.75) is 37.4 Å². The number of hydrogen-bond acceptors (Lipinski definition) is 9. The highest BCUT2D eigenvalue weighted by Gasteiger charge is 2.36. The summed E-state index contributed by atoms with van der Waals surface area (Å²) in [4.78, 5) is 33.7. The van der Waals surface area contributed by atoms with E-state index < -0.39 is 33.8 Å². The van der Waals surface area contributed by atoms with E-state index in [1.165, 1.54) is 24.7 Å². The lowest BCUT2D eigenvalue weighted by Gasteiger charge is -2.16. The number of amides is 1. The second-order valence-corrected chi connectivity index (χ2v) is 9.74. The number of pyridine rings is 1. The van der Waals surface area contributed by atoms with Crippen LogP contribution in [-0.4, -0.2) is 57.8 Å². The van der Waals surface area contributed by atoms with Gasteiger partial charge >= 0.3 is 0 Å². The Kier molecular flexibility index (Phi) is 7.44. The molecule has 3 heterocycles. The molecule has 1 unspecified atom stereocenters. The smallest absolute Gasteiger partial charge is 0.237 e. The number of hydrogen-bond donors (Lipinski definition) is 2. The standard InChI is InChI=1S/C22H24FN7O4S/c1-2-34-20-13-24-12-18(27-20)14-3-6-19(26-11-14)29-21(31)16(7-9-23)17-8-10-25-22(28-17)30-35(32,33)15-4-5-15/h3,6,8,10-13,15-16H,2,4-5,7,9H2,1H3,(H,25,28,30)(H,26,29,31). The first kappa shape index (κ1) is 24.4. The number of sulfonamides is 1. The molecule has 0 saturated heterocycles. The maximum absolute atomic E-state index is 13.3. The van der Waals surface area contributed by atoms with Gasteiger partial charge in [-0.15, -0.1) is 0 Å². The minimum absolute atomic E-state index is 0.143. The van der Waals surface area contributed by atoms with E-state index >= 15 is 0 Å². The molecule has 2 N–H and O–H groups in total. The van der Waals surface area contributed by atoms with E-state index in [0.717, 1.165) is 0 Å². The zero-order valence-electron chi connectivity index (χ0n) is 18.9. The summed E-state index contributed by atoms with van der Waals surface area (Å²) in [7, 11) is -3.57. The highest BCUT2D eigenvalue weighted by Crippen LogP contribution is 2.29. The van der Waals surface area contributed by atoms with Crippen molar-refractivity contribution in [2.75, 3.05) is 23.3 Å². The zero-order valence-corrected chi connectivity index (χ0v) is 19.7. The molecule has 4 rings (SSSR count). The molecule has 1 fully saturated rings. The van der Waals surface area contributed by atoms with Crippen LogP contribution in [0.4, 0.5) is 16.2 Å². The lowest BCUT2D eigenvalue weighted by molar-refractivity contribution is -0.117. The van der Waals surface area contributed by atoms with Gasteiger partial charge in [-0.25, -0.2) is 28.4 Å². The molecule has 184 valence electrons. The quantitative estimate of drug-likeness (QED) is 0.404. The van der Waals surface area contributed by atoms with E-state index in [1.807, 2.05) is 6.92 Å². The Morgan fingerprint density at radius 1 is 1.17 bits per heavy atom. The molecular formula is C22H24FN7O4S. The average Bonchev–Trinajstić information content (AvgIpc) is 3.70. The highest BCUT2D eigenvalue weighted by molar-refractivity contribution is 7.93. The SMILES string of the molecule is CCOc1cncc(-c2ccc(NC(=O)C(CCF)c3ccnc(NS(=O)(=O)C4CC4)n3)nc2)n1. The third-order valence-electron chi connectivity index (χ3n) is 5.16. The van der Waals surface area contributed by atoms with E-state index in [2.05, 4.69) is 35.0 Å². The fraction of sp³-hybridized carbons (Fsp3) is 0.364. The van der Waals surface area contributed by atoms with Crippen LogP contribution in [0.3, 0.4) is 0 Å². The van der Waals surface area contributed by atoms with Gasteiger partial charge in [0.2, 0.25) is 27.8 Å². The Morgan fingerprint density at radius 3 is 2.69 bits per heavy atom. The first-order valence-corrected chi connectivity index (χ1v) is 12.6. The minimum atomic E-state index is -3.57. The molecular weight excluding hydrogens is 477 g/mol. The van der Waals surface area contributed by atoms with Crippen molar-refractivity contribution in [1.82, 2.24) is 24.9 Å². The Balaban J connectivity index is 1.47. The summed E-state index contributed by atoms with van der Waals surface area (Å²) in [5.74, 6) is -1.01. The Labute approximate surface area is 201 Å². The molecule has 0 radical (unpaired) electrons. The largest absolute Gasteiger partial charge is 0.477 e. The van der Waals surface area contributed by atoms with Crippen molar-refractivity contribution >= 4 is 27.7 Å². The molecule has 1 atom stereocenters. The van der Waals surface area contributed by atoms with Crippen molar-refractivity contribution in [1.29, 1.82) is 0 Å². The van der Waals surface area contributed by atoms with Gasteiger partial charge in [-0.1, -0.05) is 0 Å². The van der Waals surface area contributed by atoms with E-state index in [1.54, 1.807) is 18.3 Å². The molecule has 35 heavy (non-hydrogen) atoms. The molecule has 1 amide bonds. The maximum Gasteiger partial charge on any atom is 0.237 e. The predicted molar refractivity (Wildman–Crippen MR) is 126 cm³/mol. The minimum Gasteiger partial charge on any atom is -0.477 e. The van der Waals surface area contributed by atoms with Gasteiger partial charge < -0.3 is 10.1 Å². The van der Waals surface area contributed by atoms with Crippen molar-refractivity contribution in [2.24, 2.45) is 0 Å². The third-order valence-corrected chi connectivity index (χ3v) is 6.98. The Morgan fingerprint density at radius 2 is 2.00 bits per heavy atom. The summed E-state index contributed by atoms with van der Waals surface area (Å²) >= 11 is 0. The van der Waals surface area contributed by atoms with Crippen LogP contribution in [0.1, 0.15) is 37.8 Å². The number of halogens is 1. The molecule has 11 nitrogen and oxygen atoms in total. The van der Waals surface area contributed by atoms with Crippen molar-refractivity contribution < 1.29 is 22.3 Å². The maximum atomic E-state index is 13.3. The first-order valence-electron chi connectivity index (χ1n) is 11.0. The molecule has 0 aromatic carbocycles. The van der Waals surface area contributed by atoms with Crippen LogP contribution in [-0.2, 0) is 14.8 Å². The van der Waals surface area contributed by atoms with Gasteiger partial charge in [0.25, 0.3) is 0 Å². The number of carbonyl (C=O) groups excluding carboxylic acids is 1. The summed E-state index contributed by atoms with van der Waals surface area (Å²) in [6.45, 7) is 1.53. The summed E-state index contributed by atoms with van der Waals surface area (Å²) in [5.41, 5.74) is 1.42. The predicted octanol–water partition coefficient (Wildman–Crippen LogP) is 2.71. The van der Waals surface area contributed by atoms with Crippen LogP contribution in [0.25, 0.3) is 11.3 Å². The molecule has 0 aliphatic heterocycles. The van der Waals surface area contributed by atoms with Crippen LogP contribution in [0, 0.1) is 0 Å². The lowest BCUT2D eigenvalue weighted by atomic mass is 10.0. The van der Waals surface area contributed by atoms with Gasteiger partial charge in [0.1, 0.15) is 5.82 Å². The van der Waals surface area contributed by atoms with Gasteiger partial charge in [-0.3, -0.25) is 18.9 Å². The van der Waals surface area contributed by atoms with Gasteiger partial charge in [0, 0.05) is 18.0 Å². The van der Waals surface area contributed by atoms with Crippen molar-refractivity contribution in [3.63, 3.8) is 0 Å². The number of nitrogens with zero attached hydrogens (tertiary/aromatic N) is 5. The molecule has 0 spiro atoms. The molecule has 1 aliphatic rings. The number of ether oxygens (including phenoxy) is 1. The first-order chi connectivity index (χ1) is 16.9. The van der Waals surface area contributed by atoms with E-state index in [4.69, 9.17) is 4.74 Å². The molecule has 3 aromatic heterocycles. The normalized spacial score (nSPS) is 14.2. The second kappa shape index (κ2) is 10.7. The summed E-state index contributed by atoms with van der Waals surface area (Å²) in [5, 5.41) is 2.20. The topological polar surface area (TPSA) is 149 Å². The Hall–Kier alpha value is -3.74. The number of anilines is 2. The fourth-order valence-electron chi connectivity index (χ4n) is 3.26. The summed E-state index contributed by atoms with van der Waals surface area (Å²) in [6, 6.07) is 4.75. The monoisotopic (exact) mass is 501 g/mol. The number of carbonyl (C=O) groups is 1. The second-order valence-electron chi connectivity index (χ2n) is 7.78. The number of alkyl halides is 1. The molecule has 0 bridgehead atoms. The van der Waals surface area contributed by atoms with Crippen LogP contribution in [0.2, 0.25) is 0 Å². The van der Waals surface area contributed by atoms with Gasteiger partial charge in [0.15, 0.2) is 0 Å². The summed E-state index contributed by atoms with van der Waals surface area (Å²) in [6.07, 6.45) is 6.95. The zero-order chi connectivity index (χ0) is 24.8. The molecule has 13 heteroatoms. The van der Waals surface area contributed by atoms with Crippen LogP contribution in [0.15, 0.2) is 43.0 Å². The van der Waals surface area contributed by atoms with E-state index in [0.29, 0.717) is 36.6 Å². The highest BCUT2D eigenvalue weighted by atomic mass is 32.2. The van der Waals surface area contributed by atoms with Crippen LogP contribution >= 0.6 is 0 Å². The van der Waals surface area contributed by atoms with Gasteiger partial charge in [0.05, 0.1) is 48.2 Å². The van der Waals surface area contributed by atoms with Crippen LogP contribution < -0.4 is 14.8 Å². The summed E-state index contributed by atoms with van der Waals surface area (Å²) < 4.78 is 45.3. The number of nitrogens with one attached hydrogen (secondary N) is 2. The molecule has 1 aliphatic carbocycles. The van der Waals surface area contributed by atoms with Gasteiger partial charge in [-0.05, 0) is 44.4 Å². The average molecular weight is 502 g/mol. The fourth-order valence-corrected chi connectivity index (χ4v) is 4.54. The molecule has 3 aromatic rings. The van der Waals surface area contributed by atoms with Gasteiger partial charge in [-0.2, -0.15) is 0 Å². The lowest BCUT2D eigenvalue weighted by Crippen LogP contribution is -2.24. The van der Waals surface area contributed by atoms with Crippen molar-refractivity contribution in [3.8, 4) is 17.1 Å². The number of aromatic nitrogens is 5. The van der Waals surface area contributed by atoms with Crippen molar-refractivity contribution in [3.05, 3.63) is 48.7 Å². The number of rotatable bonds is 11. The molecule has 1 saturated carbocycles. The van der Waals surface area contributed by atoms with Crippen LogP contribution in [0.5, 0.6) is 5.88 Å². The van der Waals surface area contributed by atoms with E-state index in [9.17, 15) is 17.6 Å². The van der Waals surface area contributed by atoms with E-state index in [-0.39, 0.29) is 23.9 Å².